The number of carbonyl (C=O) groups excluding carboxylic acids is 1. The molecule has 0 saturated carbocycles. The van der Waals surface area contributed by atoms with Gasteiger partial charge < -0.3 is 9.84 Å². The zero-order valence-electron chi connectivity index (χ0n) is 39.1. The van der Waals surface area contributed by atoms with Crippen molar-refractivity contribution in [3.8, 4) is 0 Å². The van der Waals surface area contributed by atoms with E-state index >= 15 is 0 Å². The van der Waals surface area contributed by atoms with Crippen molar-refractivity contribution in [2.24, 2.45) is 5.92 Å². The highest BCUT2D eigenvalue weighted by Gasteiger charge is 2.03. The summed E-state index contributed by atoms with van der Waals surface area (Å²) in [6.45, 7) is 9.84. The van der Waals surface area contributed by atoms with Crippen LogP contribution >= 0.6 is 0 Å². The van der Waals surface area contributed by atoms with Gasteiger partial charge in [0.2, 0.25) is 0 Å². The molecular formula is C52H104O4. The molecule has 0 amide bonds. The molecule has 0 bridgehead atoms. The maximum Gasteiger partial charge on any atom is 0.305 e. The average molecular weight is 793 g/mol. The first-order chi connectivity index (χ1) is 27.4. The molecule has 4 nitrogen and oxygen atoms in total. The summed E-state index contributed by atoms with van der Waals surface area (Å²) in [7, 11) is 0. The first kappa shape index (κ1) is 57.0. The Morgan fingerprint density at radius 1 is 0.357 bits per heavy atom. The predicted molar refractivity (Wildman–Crippen MR) is 248 cm³/mol. The molecule has 1 N–H and O–H groups in total. The highest BCUT2D eigenvalue weighted by molar-refractivity contribution is 5.69. The van der Waals surface area contributed by atoms with Crippen LogP contribution in [0.5, 0.6) is 0 Å². The second-order valence-corrected chi connectivity index (χ2v) is 18.1. The Bertz CT molecular complexity index is 734. The maximum atomic E-state index is 11.9. The van der Waals surface area contributed by atoms with Gasteiger partial charge in [-0.05, 0) is 25.2 Å². The average Bonchev–Trinajstić information content (AvgIpc) is 3.18. The molecule has 0 aromatic heterocycles. The molecule has 336 valence electrons. The quantitative estimate of drug-likeness (QED) is 0.0492. The van der Waals surface area contributed by atoms with Crippen molar-refractivity contribution in [1.29, 1.82) is 0 Å². The van der Waals surface area contributed by atoms with E-state index in [2.05, 4.69) is 27.7 Å². The van der Waals surface area contributed by atoms with Crippen LogP contribution in [0, 0.1) is 5.92 Å². The van der Waals surface area contributed by atoms with Crippen LogP contribution in [0.2, 0.25) is 0 Å². The van der Waals surface area contributed by atoms with Crippen molar-refractivity contribution in [2.45, 2.75) is 310 Å². The summed E-state index contributed by atoms with van der Waals surface area (Å²) < 4.78 is 5.44. The first-order valence-electron chi connectivity index (χ1n) is 25.8. The minimum atomic E-state index is -0.655. The number of aliphatic carboxylic acids is 1. The maximum absolute atomic E-state index is 11.9. The standard InChI is InChI=1S/C36H72O2.C16H32O2/c1-4-5-6-7-8-9-10-11-12-13-16-19-22-25-28-31-34-38-36(37)33-30-27-24-21-18-15-14-17-20-23-26-29-32-35(2)3;1-2-3-4-5-6-7-8-9-10-11-12-13-14-15-16(17)18/h35H,4-34H2,1-3H3;2-15H2,1H3,(H,17,18). The van der Waals surface area contributed by atoms with Gasteiger partial charge in [-0.15, -0.1) is 0 Å². The molecule has 0 aliphatic carbocycles. The Kier molecular flexibility index (Phi) is 52.9. The summed E-state index contributed by atoms with van der Waals surface area (Å²) in [5, 5.41) is 8.49. The minimum absolute atomic E-state index is 0.0272. The summed E-state index contributed by atoms with van der Waals surface area (Å²) in [6, 6.07) is 0. The van der Waals surface area contributed by atoms with Gasteiger partial charge in [-0.1, -0.05) is 278 Å². The normalized spacial score (nSPS) is 11.2. The zero-order chi connectivity index (χ0) is 41.3. The molecule has 0 aromatic rings. The molecule has 0 aliphatic rings. The Morgan fingerprint density at radius 2 is 0.607 bits per heavy atom. The lowest BCUT2D eigenvalue weighted by Gasteiger charge is -2.06. The van der Waals surface area contributed by atoms with E-state index < -0.39 is 5.97 Å². The summed E-state index contributed by atoms with van der Waals surface area (Å²) >= 11 is 0. The van der Waals surface area contributed by atoms with Gasteiger partial charge in [-0.2, -0.15) is 0 Å². The lowest BCUT2D eigenvalue weighted by Crippen LogP contribution is -2.05. The topological polar surface area (TPSA) is 63.6 Å². The number of esters is 1. The van der Waals surface area contributed by atoms with E-state index in [1.165, 1.54) is 244 Å². The summed E-state index contributed by atoms with van der Waals surface area (Å²) in [6.07, 6.45) is 57.4. The molecule has 56 heavy (non-hydrogen) atoms. The molecule has 0 fully saturated rings. The van der Waals surface area contributed by atoms with Gasteiger partial charge in [-0.3, -0.25) is 9.59 Å². The van der Waals surface area contributed by atoms with E-state index in [1.807, 2.05) is 0 Å². The van der Waals surface area contributed by atoms with Gasteiger partial charge in [-0.25, -0.2) is 0 Å². The van der Waals surface area contributed by atoms with Gasteiger partial charge in [0.15, 0.2) is 0 Å². The third-order valence-corrected chi connectivity index (χ3v) is 11.7. The fraction of sp³-hybridized carbons (Fsp3) is 0.962. The molecule has 0 saturated heterocycles. The van der Waals surface area contributed by atoms with Gasteiger partial charge >= 0.3 is 11.9 Å². The van der Waals surface area contributed by atoms with E-state index in [-0.39, 0.29) is 5.97 Å². The Hall–Kier alpha value is -1.06. The number of hydrogen-bond acceptors (Lipinski definition) is 3. The van der Waals surface area contributed by atoms with Crippen LogP contribution in [0.4, 0.5) is 0 Å². The van der Waals surface area contributed by atoms with Gasteiger partial charge in [0.25, 0.3) is 0 Å². The van der Waals surface area contributed by atoms with Gasteiger partial charge in [0.1, 0.15) is 0 Å². The third kappa shape index (κ3) is 57.3. The number of carboxylic acid groups (broad SMARTS) is 1. The smallest absolute Gasteiger partial charge is 0.305 e. The molecular weight excluding hydrogens is 689 g/mol. The van der Waals surface area contributed by atoms with Crippen LogP contribution in [0.25, 0.3) is 0 Å². The van der Waals surface area contributed by atoms with Crippen molar-refractivity contribution >= 4 is 11.9 Å². The zero-order valence-corrected chi connectivity index (χ0v) is 39.1. The lowest BCUT2D eigenvalue weighted by molar-refractivity contribution is -0.144. The van der Waals surface area contributed by atoms with E-state index in [4.69, 9.17) is 9.84 Å². The van der Waals surface area contributed by atoms with Crippen molar-refractivity contribution in [3.05, 3.63) is 0 Å². The predicted octanol–water partition coefficient (Wildman–Crippen LogP) is 18.5. The van der Waals surface area contributed by atoms with Crippen molar-refractivity contribution < 1.29 is 19.4 Å². The summed E-state index contributed by atoms with van der Waals surface area (Å²) in [5.74, 6) is 0.242. The number of unbranched alkanes of at least 4 members (excludes halogenated alkanes) is 38. The third-order valence-electron chi connectivity index (χ3n) is 11.7. The number of hydrogen-bond donors (Lipinski definition) is 1. The Labute approximate surface area is 353 Å². The first-order valence-corrected chi connectivity index (χ1v) is 25.8. The van der Waals surface area contributed by atoms with Gasteiger partial charge in [0.05, 0.1) is 6.61 Å². The highest BCUT2D eigenvalue weighted by atomic mass is 16.5. The van der Waals surface area contributed by atoms with Crippen LogP contribution < -0.4 is 0 Å². The van der Waals surface area contributed by atoms with Gasteiger partial charge in [0, 0.05) is 12.8 Å². The van der Waals surface area contributed by atoms with E-state index in [0.717, 1.165) is 31.6 Å². The molecule has 0 atom stereocenters. The highest BCUT2D eigenvalue weighted by Crippen LogP contribution is 2.17. The number of ether oxygens (including phenoxy) is 1. The van der Waals surface area contributed by atoms with Crippen LogP contribution in [0.3, 0.4) is 0 Å². The number of rotatable bonds is 46. The molecule has 0 aliphatic heterocycles. The summed E-state index contributed by atoms with van der Waals surface area (Å²) in [4.78, 5) is 22.2. The van der Waals surface area contributed by atoms with Crippen LogP contribution in [0.1, 0.15) is 310 Å². The monoisotopic (exact) mass is 793 g/mol. The summed E-state index contributed by atoms with van der Waals surface area (Å²) in [5.41, 5.74) is 0. The van der Waals surface area contributed by atoms with Crippen LogP contribution in [-0.2, 0) is 14.3 Å². The Balaban J connectivity index is 0. The number of carbonyl (C=O) groups is 2. The van der Waals surface area contributed by atoms with Crippen LogP contribution in [0.15, 0.2) is 0 Å². The van der Waals surface area contributed by atoms with Crippen molar-refractivity contribution in [2.75, 3.05) is 6.61 Å². The largest absolute Gasteiger partial charge is 0.481 e. The SMILES string of the molecule is CCCCCCCCCCCCCCCC(=O)O.CCCCCCCCCCCCCCCCCCOC(=O)CCCCCCCCCCCCCCC(C)C. The second-order valence-electron chi connectivity index (χ2n) is 18.1. The van der Waals surface area contributed by atoms with Crippen molar-refractivity contribution in [1.82, 2.24) is 0 Å². The molecule has 0 unspecified atom stereocenters. The molecule has 4 heteroatoms. The molecule has 0 spiro atoms. The fourth-order valence-electron chi connectivity index (χ4n) is 7.79. The Morgan fingerprint density at radius 3 is 0.893 bits per heavy atom. The van der Waals surface area contributed by atoms with E-state index in [0.29, 0.717) is 19.4 Å². The van der Waals surface area contributed by atoms with Crippen molar-refractivity contribution in [3.63, 3.8) is 0 Å². The molecule has 0 aromatic carbocycles. The number of carboxylic acids is 1. The van der Waals surface area contributed by atoms with E-state index in [1.54, 1.807) is 0 Å². The lowest BCUT2D eigenvalue weighted by atomic mass is 10.0. The molecule has 0 heterocycles. The van der Waals surface area contributed by atoms with Crippen LogP contribution in [-0.4, -0.2) is 23.7 Å². The second kappa shape index (κ2) is 52.0. The molecule has 0 radical (unpaired) electrons. The molecule has 0 rings (SSSR count). The van der Waals surface area contributed by atoms with E-state index in [9.17, 15) is 9.59 Å². The minimum Gasteiger partial charge on any atom is -0.481 e. The fourth-order valence-corrected chi connectivity index (χ4v) is 7.79.